The molecule has 4 atom stereocenters. The first kappa shape index (κ1) is 17.1. The highest BCUT2D eigenvalue weighted by Gasteiger charge is 2.35. The Hall–Kier alpha value is 0. The molecule has 0 radical (unpaired) electrons. The topological polar surface area (TPSA) is 0 Å². The average molecular weight is 267 g/mol. The highest BCUT2D eigenvalue weighted by molar-refractivity contribution is 4.85. The van der Waals surface area contributed by atoms with Crippen molar-refractivity contribution in [1.82, 2.24) is 0 Å². The molecule has 114 valence electrons. The molecular formula is C19H38. The molecule has 1 aliphatic carbocycles. The van der Waals surface area contributed by atoms with E-state index in [1.165, 1.54) is 70.6 Å². The molecule has 0 aromatic rings. The van der Waals surface area contributed by atoms with Gasteiger partial charge >= 0.3 is 0 Å². The third-order valence-electron chi connectivity index (χ3n) is 5.71. The first-order chi connectivity index (χ1) is 9.22. The van der Waals surface area contributed by atoms with Crippen LogP contribution in [0.5, 0.6) is 0 Å². The van der Waals surface area contributed by atoms with Crippen molar-refractivity contribution in [3.8, 4) is 0 Å². The van der Waals surface area contributed by atoms with Gasteiger partial charge in [0.25, 0.3) is 0 Å². The van der Waals surface area contributed by atoms with Crippen LogP contribution in [0.1, 0.15) is 98.3 Å². The number of hydrogen-bond donors (Lipinski definition) is 0. The summed E-state index contributed by atoms with van der Waals surface area (Å²) >= 11 is 0. The van der Waals surface area contributed by atoms with E-state index in [4.69, 9.17) is 0 Å². The number of unbranched alkanes of at least 4 members (excludes halogenated alkanes) is 3. The van der Waals surface area contributed by atoms with Crippen molar-refractivity contribution in [3.63, 3.8) is 0 Å². The molecule has 0 aromatic carbocycles. The molecule has 0 saturated heterocycles. The monoisotopic (exact) mass is 266 g/mol. The molecule has 0 heteroatoms. The zero-order valence-electron chi connectivity index (χ0n) is 14.1. The second-order valence-corrected chi connectivity index (χ2v) is 7.10. The molecule has 1 fully saturated rings. The molecular weight excluding hydrogens is 228 g/mol. The van der Waals surface area contributed by atoms with Crippen molar-refractivity contribution >= 4 is 0 Å². The van der Waals surface area contributed by atoms with E-state index in [2.05, 4.69) is 27.7 Å². The van der Waals surface area contributed by atoms with Crippen LogP contribution in [0.2, 0.25) is 0 Å². The molecule has 1 aliphatic rings. The van der Waals surface area contributed by atoms with Gasteiger partial charge in [0.15, 0.2) is 0 Å². The minimum absolute atomic E-state index is 1.02. The lowest BCUT2D eigenvalue weighted by Crippen LogP contribution is -2.34. The lowest BCUT2D eigenvalue weighted by molar-refractivity contribution is 0.0708. The van der Waals surface area contributed by atoms with Crippen LogP contribution in [0.4, 0.5) is 0 Å². The van der Waals surface area contributed by atoms with Crippen LogP contribution in [0.3, 0.4) is 0 Å². The van der Waals surface area contributed by atoms with Gasteiger partial charge in [0.1, 0.15) is 0 Å². The van der Waals surface area contributed by atoms with Crippen molar-refractivity contribution in [2.75, 3.05) is 0 Å². The Labute approximate surface area is 122 Å². The fraction of sp³-hybridized carbons (Fsp3) is 1.00. The summed E-state index contributed by atoms with van der Waals surface area (Å²) < 4.78 is 0. The van der Waals surface area contributed by atoms with Gasteiger partial charge in [-0.3, -0.25) is 0 Å². The maximum absolute atomic E-state index is 2.45. The summed E-state index contributed by atoms with van der Waals surface area (Å²) in [5.41, 5.74) is 0. The molecule has 0 heterocycles. The molecule has 0 aromatic heterocycles. The Morgan fingerprint density at radius 1 is 0.947 bits per heavy atom. The van der Waals surface area contributed by atoms with E-state index in [9.17, 15) is 0 Å². The maximum atomic E-state index is 2.45. The van der Waals surface area contributed by atoms with E-state index < -0.39 is 0 Å². The van der Waals surface area contributed by atoms with E-state index in [-0.39, 0.29) is 0 Å². The SMILES string of the molecule is CCCCCCC(CC)CCCC1CC(C)C1CC. The first-order valence-electron chi connectivity index (χ1n) is 9.22. The maximum Gasteiger partial charge on any atom is -0.0362 e. The average Bonchev–Trinajstić information content (AvgIpc) is 2.40. The molecule has 0 nitrogen and oxygen atoms in total. The number of rotatable bonds is 11. The van der Waals surface area contributed by atoms with Crippen LogP contribution in [0, 0.1) is 23.7 Å². The molecule has 1 rings (SSSR count). The Balaban J connectivity index is 2.06. The second-order valence-electron chi connectivity index (χ2n) is 7.10. The van der Waals surface area contributed by atoms with E-state index in [0.29, 0.717) is 0 Å². The molecule has 0 spiro atoms. The predicted molar refractivity (Wildman–Crippen MR) is 87.4 cm³/mol. The van der Waals surface area contributed by atoms with Gasteiger partial charge in [0.05, 0.1) is 0 Å². The summed E-state index contributed by atoms with van der Waals surface area (Å²) in [5, 5.41) is 0. The van der Waals surface area contributed by atoms with Gasteiger partial charge in [-0.2, -0.15) is 0 Å². The highest BCUT2D eigenvalue weighted by Crippen LogP contribution is 2.45. The largest absolute Gasteiger partial charge is 0.0654 e. The normalized spacial score (nSPS) is 28.1. The Kier molecular flexibility index (Phi) is 8.83. The van der Waals surface area contributed by atoms with Gasteiger partial charge in [-0.05, 0) is 30.1 Å². The summed E-state index contributed by atoms with van der Waals surface area (Å²) in [6.45, 7) is 9.54. The Bertz CT molecular complexity index is 208. The minimum Gasteiger partial charge on any atom is -0.0654 e. The van der Waals surface area contributed by atoms with Crippen LogP contribution >= 0.6 is 0 Å². The van der Waals surface area contributed by atoms with Crippen LogP contribution < -0.4 is 0 Å². The third kappa shape index (κ3) is 5.88. The fourth-order valence-corrected chi connectivity index (χ4v) is 4.24. The van der Waals surface area contributed by atoms with Crippen molar-refractivity contribution < 1.29 is 0 Å². The van der Waals surface area contributed by atoms with E-state index in [0.717, 1.165) is 23.7 Å². The fourth-order valence-electron chi connectivity index (χ4n) is 4.24. The van der Waals surface area contributed by atoms with Crippen molar-refractivity contribution in [2.45, 2.75) is 98.3 Å². The van der Waals surface area contributed by atoms with Crippen LogP contribution in [0.15, 0.2) is 0 Å². The van der Waals surface area contributed by atoms with Gasteiger partial charge in [0, 0.05) is 0 Å². The molecule has 4 unspecified atom stereocenters. The molecule has 19 heavy (non-hydrogen) atoms. The third-order valence-corrected chi connectivity index (χ3v) is 5.71. The number of hydrogen-bond acceptors (Lipinski definition) is 0. The smallest absolute Gasteiger partial charge is 0.0362 e. The molecule has 0 aliphatic heterocycles. The molecule has 1 saturated carbocycles. The van der Waals surface area contributed by atoms with E-state index in [1.54, 1.807) is 0 Å². The molecule has 0 N–H and O–H groups in total. The quantitative estimate of drug-likeness (QED) is 0.359. The minimum atomic E-state index is 1.02. The van der Waals surface area contributed by atoms with E-state index in [1.807, 2.05) is 0 Å². The summed E-state index contributed by atoms with van der Waals surface area (Å²) in [4.78, 5) is 0. The summed E-state index contributed by atoms with van der Waals surface area (Å²) in [5.74, 6) is 4.18. The molecule has 0 amide bonds. The Morgan fingerprint density at radius 3 is 2.26 bits per heavy atom. The van der Waals surface area contributed by atoms with Crippen molar-refractivity contribution in [1.29, 1.82) is 0 Å². The Morgan fingerprint density at radius 2 is 1.68 bits per heavy atom. The predicted octanol–water partition coefficient (Wildman–Crippen LogP) is 6.84. The molecule has 0 bridgehead atoms. The summed E-state index contributed by atoms with van der Waals surface area (Å²) in [6, 6.07) is 0. The highest BCUT2D eigenvalue weighted by atomic mass is 14.4. The van der Waals surface area contributed by atoms with Gasteiger partial charge in [-0.15, -0.1) is 0 Å². The van der Waals surface area contributed by atoms with Crippen LogP contribution in [-0.4, -0.2) is 0 Å². The standard InChI is InChI=1S/C19H38/c1-5-8-9-10-12-17(6-2)13-11-14-18-15-16(4)19(18)7-3/h16-19H,5-15H2,1-4H3. The lowest BCUT2D eigenvalue weighted by atomic mass is 9.62. The lowest BCUT2D eigenvalue weighted by Gasteiger charge is -2.43. The zero-order chi connectivity index (χ0) is 14.1. The van der Waals surface area contributed by atoms with Crippen LogP contribution in [0.25, 0.3) is 0 Å². The van der Waals surface area contributed by atoms with Gasteiger partial charge < -0.3 is 0 Å². The van der Waals surface area contributed by atoms with Gasteiger partial charge in [-0.1, -0.05) is 91.9 Å². The van der Waals surface area contributed by atoms with Gasteiger partial charge in [-0.25, -0.2) is 0 Å². The second kappa shape index (κ2) is 9.83. The van der Waals surface area contributed by atoms with Crippen molar-refractivity contribution in [2.24, 2.45) is 23.7 Å². The summed E-state index contributed by atoms with van der Waals surface area (Å²) in [6.07, 6.45) is 16.1. The zero-order valence-corrected chi connectivity index (χ0v) is 14.1. The van der Waals surface area contributed by atoms with Gasteiger partial charge in [0.2, 0.25) is 0 Å². The van der Waals surface area contributed by atoms with Crippen molar-refractivity contribution in [3.05, 3.63) is 0 Å². The van der Waals surface area contributed by atoms with Crippen LogP contribution in [-0.2, 0) is 0 Å². The first-order valence-corrected chi connectivity index (χ1v) is 9.22. The van der Waals surface area contributed by atoms with E-state index >= 15 is 0 Å². The summed E-state index contributed by atoms with van der Waals surface area (Å²) in [7, 11) is 0.